The molecule has 2 aromatic rings. The number of nitrogens with zero attached hydrogens (tertiary/aromatic N) is 1. The maximum absolute atomic E-state index is 12.8. The lowest BCUT2D eigenvalue weighted by molar-refractivity contribution is 0.0623. The van der Waals surface area contributed by atoms with Crippen molar-refractivity contribution in [3.8, 4) is 5.75 Å². The van der Waals surface area contributed by atoms with Gasteiger partial charge in [-0.3, -0.25) is 4.79 Å². The van der Waals surface area contributed by atoms with Crippen molar-refractivity contribution in [2.24, 2.45) is 11.8 Å². The molecule has 1 aliphatic heterocycles. The van der Waals surface area contributed by atoms with E-state index in [1.165, 1.54) is 6.42 Å². The lowest BCUT2D eigenvalue weighted by Gasteiger charge is -2.35. The number of ether oxygens (including phenoxy) is 1. The van der Waals surface area contributed by atoms with Crippen LogP contribution in [-0.2, 0) is 0 Å². The van der Waals surface area contributed by atoms with Gasteiger partial charge in [0, 0.05) is 18.7 Å². The highest BCUT2D eigenvalue weighted by Gasteiger charge is 2.27. The molecule has 3 rings (SSSR count). The van der Waals surface area contributed by atoms with E-state index >= 15 is 0 Å². The van der Waals surface area contributed by atoms with Crippen LogP contribution in [0.3, 0.4) is 0 Å². The second kappa shape index (κ2) is 6.03. The lowest BCUT2D eigenvalue weighted by Crippen LogP contribution is -2.42. The average Bonchev–Trinajstić information content (AvgIpc) is 2.94. The summed E-state index contributed by atoms with van der Waals surface area (Å²) in [7, 11) is 0. The Hall–Kier alpha value is -1.97. The SMILES string of the molecule is CCOc1cc(C(=O)N2C[C@H](C)C[C@@H](C)C2)cc2occc12. The fraction of sp³-hybridized carbons (Fsp3) is 0.500. The van der Waals surface area contributed by atoms with Gasteiger partial charge >= 0.3 is 0 Å². The summed E-state index contributed by atoms with van der Waals surface area (Å²) < 4.78 is 11.1. The van der Waals surface area contributed by atoms with E-state index in [0.29, 0.717) is 29.6 Å². The molecule has 2 atom stereocenters. The highest BCUT2D eigenvalue weighted by atomic mass is 16.5. The summed E-state index contributed by atoms with van der Waals surface area (Å²) in [6.45, 7) is 8.56. The first-order chi connectivity index (χ1) is 10.6. The Balaban J connectivity index is 1.93. The number of hydrogen-bond acceptors (Lipinski definition) is 3. The Bertz CT molecular complexity index is 666. The van der Waals surface area contributed by atoms with Gasteiger partial charge in [-0.25, -0.2) is 0 Å². The Morgan fingerprint density at radius 1 is 1.32 bits per heavy atom. The molecule has 0 radical (unpaired) electrons. The van der Waals surface area contributed by atoms with Crippen LogP contribution in [0, 0.1) is 11.8 Å². The first kappa shape index (κ1) is 14.9. The Labute approximate surface area is 131 Å². The normalized spacial score (nSPS) is 22.0. The van der Waals surface area contributed by atoms with Gasteiger partial charge in [0.1, 0.15) is 11.3 Å². The van der Waals surface area contributed by atoms with Crippen molar-refractivity contribution in [1.82, 2.24) is 4.90 Å². The molecule has 2 heterocycles. The highest BCUT2D eigenvalue weighted by Crippen LogP contribution is 2.30. The van der Waals surface area contributed by atoms with E-state index in [-0.39, 0.29) is 5.91 Å². The monoisotopic (exact) mass is 301 g/mol. The average molecular weight is 301 g/mol. The zero-order valence-electron chi connectivity index (χ0n) is 13.5. The summed E-state index contributed by atoms with van der Waals surface area (Å²) in [5.74, 6) is 1.88. The number of likely N-dealkylation sites (tertiary alicyclic amines) is 1. The van der Waals surface area contributed by atoms with Crippen LogP contribution in [0.5, 0.6) is 5.75 Å². The molecule has 0 spiro atoms. The van der Waals surface area contributed by atoms with Gasteiger partial charge in [-0.15, -0.1) is 0 Å². The third-order valence-corrected chi connectivity index (χ3v) is 4.24. The quantitative estimate of drug-likeness (QED) is 0.862. The predicted molar refractivity (Wildman–Crippen MR) is 86.2 cm³/mol. The summed E-state index contributed by atoms with van der Waals surface area (Å²) in [6.07, 6.45) is 2.82. The molecule has 0 saturated carbocycles. The number of carbonyl (C=O) groups is 1. The molecule has 118 valence electrons. The van der Waals surface area contributed by atoms with Crippen LogP contribution in [0.25, 0.3) is 11.0 Å². The first-order valence-corrected chi connectivity index (χ1v) is 8.01. The third-order valence-electron chi connectivity index (χ3n) is 4.24. The fourth-order valence-electron chi connectivity index (χ4n) is 3.45. The Morgan fingerprint density at radius 3 is 2.73 bits per heavy atom. The van der Waals surface area contributed by atoms with E-state index in [1.54, 1.807) is 6.26 Å². The molecule has 1 aromatic carbocycles. The van der Waals surface area contributed by atoms with Crippen LogP contribution in [0.15, 0.2) is 28.9 Å². The van der Waals surface area contributed by atoms with Crippen molar-refractivity contribution >= 4 is 16.9 Å². The van der Waals surface area contributed by atoms with Crippen LogP contribution >= 0.6 is 0 Å². The maximum Gasteiger partial charge on any atom is 0.254 e. The van der Waals surface area contributed by atoms with Gasteiger partial charge in [-0.05, 0) is 43.4 Å². The first-order valence-electron chi connectivity index (χ1n) is 8.01. The van der Waals surface area contributed by atoms with Gasteiger partial charge in [0.15, 0.2) is 0 Å². The number of furan rings is 1. The van der Waals surface area contributed by atoms with Crippen molar-refractivity contribution in [2.75, 3.05) is 19.7 Å². The van der Waals surface area contributed by atoms with Crippen molar-refractivity contribution in [1.29, 1.82) is 0 Å². The summed E-state index contributed by atoms with van der Waals surface area (Å²) in [5.41, 5.74) is 1.35. The molecule has 0 N–H and O–H groups in total. The molecule has 4 nitrogen and oxygen atoms in total. The van der Waals surface area contributed by atoms with E-state index in [1.807, 2.05) is 30.0 Å². The Kier molecular flexibility index (Phi) is 4.10. The second-order valence-corrected chi connectivity index (χ2v) is 6.40. The van der Waals surface area contributed by atoms with E-state index < -0.39 is 0 Å². The molecule has 1 aliphatic rings. The maximum atomic E-state index is 12.8. The molecular formula is C18H23NO3. The van der Waals surface area contributed by atoms with Crippen molar-refractivity contribution < 1.29 is 13.9 Å². The van der Waals surface area contributed by atoms with E-state index in [0.717, 1.165) is 24.2 Å². The minimum atomic E-state index is 0.0673. The number of benzene rings is 1. The number of hydrogen-bond donors (Lipinski definition) is 0. The number of amides is 1. The van der Waals surface area contributed by atoms with Gasteiger partial charge in [-0.1, -0.05) is 13.8 Å². The molecule has 1 aromatic heterocycles. The largest absolute Gasteiger partial charge is 0.493 e. The lowest BCUT2D eigenvalue weighted by atomic mass is 9.91. The standard InChI is InChI=1S/C18H23NO3/c1-4-21-16-8-14(9-17-15(16)5-6-22-17)18(20)19-10-12(2)7-13(3)11-19/h5-6,8-9,12-13H,4,7,10-11H2,1-3H3/t12-,13-/m1/s1. The van der Waals surface area contributed by atoms with Gasteiger partial charge in [-0.2, -0.15) is 0 Å². The zero-order valence-corrected chi connectivity index (χ0v) is 13.5. The third kappa shape index (κ3) is 2.82. The van der Waals surface area contributed by atoms with Gasteiger partial charge < -0.3 is 14.1 Å². The molecule has 0 bridgehead atoms. The van der Waals surface area contributed by atoms with Crippen LogP contribution < -0.4 is 4.74 Å². The smallest absolute Gasteiger partial charge is 0.254 e. The molecule has 0 unspecified atom stereocenters. The predicted octanol–water partition coefficient (Wildman–Crippen LogP) is 3.95. The minimum Gasteiger partial charge on any atom is -0.493 e. The molecule has 1 amide bonds. The van der Waals surface area contributed by atoms with Crippen molar-refractivity contribution in [3.63, 3.8) is 0 Å². The number of piperidine rings is 1. The molecule has 1 fully saturated rings. The van der Waals surface area contributed by atoms with Crippen molar-refractivity contribution in [2.45, 2.75) is 27.2 Å². The molecule has 0 aliphatic carbocycles. The fourth-order valence-corrected chi connectivity index (χ4v) is 3.45. The van der Waals surface area contributed by atoms with Crippen molar-refractivity contribution in [3.05, 3.63) is 30.0 Å². The number of fused-ring (bicyclic) bond motifs is 1. The Morgan fingerprint density at radius 2 is 2.05 bits per heavy atom. The molecule has 4 heteroatoms. The van der Waals surface area contributed by atoms with Crippen LogP contribution in [0.2, 0.25) is 0 Å². The minimum absolute atomic E-state index is 0.0673. The molecule has 1 saturated heterocycles. The summed E-state index contributed by atoms with van der Waals surface area (Å²) in [6, 6.07) is 5.54. The van der Waals surface area contributed by atoms with E-state index in [9.17, 15) is 4.79 Å². The molecule has 22 heavy (non-hydrogen) atoms. The number of rotatable bonds is 3. The van der Waals surface area contributed by atoms with Gasteiger partial charge in [0.25, 0.3) is 5.91 Å². The van der Waals surface area contributed by atoms with E-state index in [2.05, 4.69) is 13.8 Å². The van der Waals surface area contributed by atoms with Crippen LogP contribution in [-0.4, -0.2) is 30.5 Å². The highest BCUT2D eigenvalue weighted by molar-refractivity contribution is 5.99. The van der Waals surface area contributed by atoms with Crippen LogP contribution in [0.4, 0.5) is 0 Å². The van der Waals surface area contributed by atoms with Gasteiger partial charge in [0.05, 0.1) is 18.3 Å². The van der Waals surface area contributed by atoms with E-state index in [4.69, 9.17) is 9.15 Å². The van der Waals surface area contributed by atoms with Crippen LogP contribution in [0.1, 0.15) is 37.6 Å². The molecular weight excluding hydrogens is 278 g/mol. The summed E-state index contributed by atoms with van der Waals surface area (Å²) >= 11 is 0. The number of carbonyl (C=O) groups excluding carboxylic acids is 1. The summed E-state index contributed by atoms with van der Waals surface area (Å²) in [5, 5.41) is 0.916. The topological polar surface area (TPSA) is 42.7 Å². The zero-order chi connectivity index (χ0) is 15.7. The second-order valence-electron chi connectivity index (χ2n) is 6.40. The van der Waals surface area contributed by atoms with Gasteiger partial charge in [0.2, 0.25) is 0 Å². The summed E-state index contributed by atoms with van der Waals surface area (Å²) in [4.78, 5) is 14.8.